The van der Waals surface area contributed by atoms with E-state index in [4.69, 9.17) is 23.2 Å². The van der Waals surface area contributed by atoms with Crippen molar-refractivity contribution in [1.82, 2.24) is 4.72 Å². The molecular weight excluding hydrogens is 317 g/mol. The van der Waals surface area contributed by atoms with Crippen LogP contribution in [0.2, 0.25) is 10.0 Å². The lowest BCUT2D eigenvalue weighted by atomic mass is 10.1. The number of nitrogens with one attached hydrogen (secondary N) is 1. The first-order valence-electron chi connectivity index (χ1n) is 5.92. The molecule has 0 saturated heterocycles. The zero-order valence-corrected chi connectivity index (χ0v) is 13.0. The summed E-state index contributed by atoms with van der Waals surface area (Å²) in [5.41, 5.74) is 0.879. The quantitative estimate of drug-likeness (QED) is 0.920. The predicted octanol–water partition coefficient (Wildman–Crippen LogP) is 4.03. The van der Waals surface area contributed by atoms with Gasteiger partial charge in [-0.25, -0.2) is 13.1 Å². The first-order chi connectivity index (χ1) is 9.38. The van der Waals surface area contributed by atoms with E-state index < -0.39 is 10.0 Å². The van der Waals surface area contributed by atoms with E-state index in [9.17, 15) is 8.42 Å². The van der Waals surface area contributed by atoms with Crippen molar-refractivity contribution in [1.29, 1.82) is 0 Å². The summed E-state index contributed by atoms with van der Waals surface area (Å²) < 4.78 is 27.2. The summed E-state index contributed by atoms with van der Waals surface area (Å²) in [6, 6.07) is 13.2. The number of hydrogen-bond donors (Lipinski definition) is 1. The van der Waals surface area contributed by atoms with Crippen LogP contribution in [0.1, 0.15) is 18.5 Å². The molecule has 106 valence electrons. The van der Waals surface area contributed by atoms with Gasteiger partial charge in [0, 0.05) is 16.1 Å². The van der Waals surface area contributed by atoms with E-state index in [2.05, 4.69) is 4.72 Å². The molecule has 0 bridgehead atoms. The molecule has 1 atom stereocenters. The maximum absolute atomic E-state index is 12.3. The van der Waals surface area contributed by atoms with Crippen LogP contribution in [0.15, 0.2) is 53.4 Å². The van der Waals surface area contributed by atoms with Gasteiger partial charge in [-0.1, -0.05) is 53.5 Å². The Bertz CT molecular complexity index is 682. The third-order valence-corrected chi connectivity index (χ3v) is 4.73. The zero-order chi connectivity index (χ0) is 14.8. The third-order valence-electron chi connectivity index (χ3n) is 2.78. The molecule has 0 amide bonds. The minimum atomic E-state index is -3.67. The third kappa shape index (κ3) is 3.73. The Morgan fingerprint density at radius 2 is 1.55 bits per heavy atom. The molecule has 2 rings (SSSR count). The second kappa shape index (κ2) is 6.14. The van der Waals surface area contributed by atoms with Gasteiger partial charge in [0.1, 0.15) is 0 Å². The predicted molar refractivity (Wildman–Crippen MR) is 81.6 cm³/mol. The lowest BCUT2D eigenvalue weighted by Crippen LogP contribution is -2.26. The van der Waals surface area contributed by atoms with E-state index in [-0.39, 0.29) is 21.0 Å². The van der Waals surface area contributed by atoms with Gasteiger partial charge in [-0.05, 0) is 30.7 Å². The standard InChI is InChI=1S/C14H13Cl2NO2S/c1-10(11-5-3-2-4-6-11)17-20(18,19)14-8-12(15)7-13(16)9-14/h2-10,17H,1H3/t10-/m1/s1. The Labute approximate surface area is 128 Å². The lowest BCUT2D eigenvalue weighted by molar-refractivity contribution is 0.567. The summed E-state index contributed by atoms with van der Waals surface area (Å²) >= 11 is 11.7. The van der Waals surface area contributed by atoms with Crippen LogP contribution in [0.5, 0.6) is 0 Å². The molecule has 2 aromatic carbocycles. The van der Waals surface area contributed by atoms with E-state index in [1.165, 1.54) is 18.2 Å². The van der Waals surface area contributed by atoms with Crippen molar-refractivity contribution in [2.75, 3.05) is 0 Å². The Morgan fingerprint density at radius 3 is 2.10 bits per heavy atom. The highest BCUT2D eigenvalue weighted by Gasteiger charge is 2.19. The summed E-state index contributed by atoms with van der Waals surface area (Å²) in [5.74, 6) is 0. The Kier molecular flexibility index (Phi) is 4.70. The SMILES string of the molecule is C[C@@H](NS(=O)(=O)c1cc(Cl)cc(Cl)c1)c1ccccc1. The summed E-state index contributed by atoms with van der Waals surface area (Å²) in [6.45, 7) is 1.78. The molecule has 2 aromatic rings. The van der Waals surface area contributed by atoms with E-state index in [1.54, 1.807) is 6.92 Å². The zero-order valence-electron chi connectivity index (χ0n) is 10.7. The van der Waals surface area contributed by atoms with Crippen molar-refractivity contribution in [3.8, 4) is 0 Å². The fourth-order valence-corrected chi connectivity index (χ4v) is 3.75. The molecule has 20 heavy (non-hydrogen) atoms. The van der Waals surface area contributed by atoms with Gasteiger partial charge in [-0.2, -0.15) is 0 Å². The van der Waals surface area contributed by atoms with Crippen molar-refractivity contribution in [3.05, 3.63) is 64.1 Å². The largest absolute Gasteiger partial charge is 0.241 e. The Hall–Kier alpha value is -1.07. The summed E-state index contributed by atoms with van der Waals surface area (Å²) in [7, 11) is -3.67. The average molecular weight is 330 g/mol. The van der Waals surface area contributed by atoms with Gasteiger partial charge >= 0.3 is 0 Å². The van der Waals surface area contributed by atoms with Gasteiger partial charge in [0.15, 0.2) is 0 Å². The minimum absolute atomic E-state index is 0.0535. The maximum atomic E-state index is 12.3. The number of hydrogen-bond acceptors (Lipinski definition) is 2. The van der Waals surface area contributed by atoms with Gasteiger partial charge in [0.05, 0.1) is 4.90 Å². The van der Waals surface area contributed by atoms with Crippen molar-refractivity contribution < 1.29 is 8.42 Å². The number of halogens is 2. The van der Waals surface area contributed by atoms with E-state index in [0.717, 1.165) is 5.56 Å². The molecule has 0 fully saturated rings. The normalized spacial score (nSPS) is 13.2. The van der Waals surface area contributed by atoms with E-state index in [0.29, 0.717) is 0 Å². The molecule has 0 aliphatic carbocycles. The molecule has 0 aromatic heterocycles. The van der Waals surface area contributed by atoms with E-state index in [1.807, 2.05) is 30.3 Å². The molecule has 1 N–H and O–H groups in total. The molecule has 0 heterocycles. The summed E-state index contributed by atoms with van der Waals surface area (Å²) in [6.07, 6.45) is 0. The van der Waals surface area contributed by atoms with Gasteiger partial charge in [-0.15, -0.1) is 0 Å². The molecule has 0 radical (unpaired) electrons. The molecule has 0 unspecified atom stereocenters. The Morgan fingerprint density at radius 1 is 1.00 bits per heavy atom. The number of rotatable bonds is 4. The van der Waals surface area contributed by atoms with Gasteiger partial charge in [-0.3, -0.25) is 0 Å². The maximum Gasteiger partial charge on any atom is 0.241 e. The van der Waals surface area contributed by atoms with E-state index >= 15 is 0 Å². The van der Waals surface area contributed by atoms with Crippen LogP contribution < -0.4 is 4.72 Å². The van der Waals surface area contributed by atoms with Crippen LogP contribution in [0.25, 0.3) is 0 Å². The summed E-state index contributed by atoms with van der Waals surface area (Å²) in [5, 5.41) is 0.565. The molecule has 0 saturated carbocycles. The average Bonchev–Trinajstić information content (AvgIpc) is 2.38. The van der Waals surface area contributed by atoms with Crippen LogP contribution in [-0.2, 0) is 10.0 Å². The van der Waals surface area contributed by atoms with Crippen LogP contribution in [0.4, 0.5) is 0 Å². The highest BCUT2D eigenvalue weighted by molar-refractivity contribution is 7.89. The first kappa shape index (κ1) is 15.3. The highest BCUT2D eigenvalue weighted by Crippen LogP contribution is 2.23. The van der Waals surface area contributed by atoms with Crippen molar-refractivity contribution in [3.63, 3.8) is 0 Å². The first-order valence-corrected chi connectivity index (χ1v) is 8.16. The summed E-state index contributed by atoms with van der Waals surface area (Å²) in [4.78, 5) is 0.0535. The van der Waals surface area contributed by atoms with Crippen molar-refractivity contribution in [2.24, 2.45) is 0 Å². The fraction of sp³-hybridized carbons (Fsp3) is 0.143. The van der Waals surface area contributed by atoms with Gasteiger partial charge in [0.25, 0.3) is 0 Å². The molecule has 6 heteroatoms. The van der Waals surface area contributed by atoms with Crippen molar-refractivity contribution >= 4 is 33.2 Å². The van der Waals surface area contributed by atoms with Crippen LogP contribution in [-0.4, -0.2) is 8.42 Å². The van der Waals surface area contributed by atoms with Gasteiger partial charge < -0.3 is 0 Å². The molecule has 0 spiro atoms. The topological polar surface area (TPSA) is 46.2 Å². The van der Waals surface area contributed by atoms with Crippen LogP contribution in [0.3, 0.4) is 0 Å². The molecule has 0 aliphatic rings. The lowest BCUT2D eigenvalue weighted by Gasteiger charge is -2.15. The molecular formula is C14H13Cl2NO2S. The van der Waals surface area contributed by atoms with Gasteiger partial charge in [0.2, 0.25) is 10.0 Å². The smallest absolute Gasteiger partial charge is 0.207 e. The minimum Gasteiger partial charge on any atom is -0.207 e. The van der Waals surface area contributed by atoms with Crippen molar-refractivity contribution in [2.45, 2.75) is 17.9 Å². The monoisotopic (exact) mass is 329 g/mol. The second-order valence-electron chi connectivity index (χ2n) is 4.36. The fourth-order valence-electron chi connectivity index (χ4n) is 1.79. The molecule has 3 nitrogen and oxygen atoms in total. The number of sulfonamides is 1. The second-order valence-corrected chi connectivity index (χ2v) is 6.95. The van der Waals surface area contributed by atoms with Crippen LogP contribution in [0, 0.1) is 0 Å². The Balaban J connectivity index is 2.27. The highest BCUT2D eigenvalue weighted by atomic mass is 35.5. The van der Waals surface area contributed by atoms with Crippen LogP contribution >= 0.6 is 23.2 Å². The molecule has 0 aliphatic heterocycles. The number of benzene rings is 2.